The second-order valence-corrected chi connectivity index (χ2v) is 8.00. The van der Waals surface area contributed by atoms with Crippen LogP contribution in [0.3, 0.4) is 0 Å². The lowest BCUT2D eigenvalue weighted by Crippen LogP contribution is -2.36. The van der Waals surface area contributed by atoms with Gasteiger partial charge >= 0.3 is 11.9 Å². The Hall–Kier alpha value is -3.75. The number of fused-ring (bicyclic) bond motifs is 1. The molecule has 0 saturated carbocycles. The molecular formula is C26H23NO7. The van der Waals surface area contributed by atoms with Crippen LogP contribution in [0.4, 0.5) is 0 Å². The largest absolute Gasteiger partial charge is 0.488 e. The minimum atomic E-state index is -0.623. The molecule has 2 aliphatic rings. The highest BCUT2D eigenvalue weighted by molar-refractivity contribution is 5.92. The molecule has 2 fully saturated rings. The minimum absolute atomic E-state index is 0.148. The molecule has 3 heterocycles. The maximum atomic E-state index is 13.0. The van der Waals surface area contributed by atoms with Gasteiger partial charge in [0.2, 0.25) is 0 Å². The van der Waals surface area contributed by atoms with Gasteiger partial charge in [-0.05, 0) is 29.8 Å². The summed E-state index contributed by atoms with van der Waals surface area (Å²) >= 11 is 0. The van der Waals surface area contributed by atoms with Crippen LogP contribution in [0.25, 0.3) is 0 Å². The number of ether oxygens (including phenoxy) is 5. The summed E-state index contributed by atoms with van der Waals surface area (Å²) in [5.74, 6) is -0.601. The number of esters is 2. The van der Waals surface area contributed by atoms with Crippen molar-refractivity contribution >= 4 is 11.9 Å². The zero-order valence-corrected chi connectivity index (χ0v) is 18.2. The predicted molar refractivity (Wildman–Crippen MR) is 119 cm³/mol. The average molecular weight is 461 g/mol. The van der Waals surface area contributed by atoms with Crippen molar-refractivity contribution in [3.05, 3.63) is 95.8 Å². The summed E-state index contributed by atoms with van der Waals surface area (Å²) < 4.78 is 28.7. The van der Waals surface area contributed by atoms with Crippen LogP contribution >= 0.6 is 0 Å². The highest BCUT2D eigenvalue weighted by Crippen LogP contribution is 2.32. The van der Waals surface area contributed by atoms with E-state index in [1.54, 1.807) is 42.6 Å². The number of nitrogens with zero attached hydrogens (tertiary/aromatic N) is 1. The Kier molecular flexibility index (Phi) is 6.51. The van der Waals surface area contributed by atoms with E-state index in [9.17, 15) is 9.59 Å². The SMILES string of the molecule is O=C(O[C@@H]1CO[C@H]2[C@@H]1OC[C@@H]2OC(=O)c1ccccc1OCc1ccccc1)c1cccnc1. The number of para-hydroxylation sites is 1. The van der Waals surface area contributed by atoms with E-state index in [-0.39, 0.29) is 13.2 Å². The van der Waals surface area contributed by atoms with Crippen LogP contribution in [0.2, 0.25) is 0 Å². The molecule has 5 rings (SSSR count). The summed E-state index contributed by atoms with van der Waals surface area (Å²) in [4.78, 5) is 29.2. The fourth-order valence-electron chi connectivity index (χ4n) is 4.02. The van der Waals surface area contributed by atoms with Gasteiger partial charge in [-0.15, -0.1) is 0 Å². The standard InChI is InChI=1S/C26H23NO7/c28-25(18-9-6-12-27-13-18)33-21-15-31-24-22(16-32-23(21)24)34-26(29)19-10-4-5-11-20(19)30-14-17-7-2-1-3-8-17/h1-13,21-24H,14-16H2/t21-,22+,23-,24-/m1/s1. The summed E-state index contributed by atoms with van der Waals surface area (Å²) in [7, 11) is 0. The van der Waals surface area contributed by atoms with Gasteiger partial charge in [-0.25, -0.2) is 9.59 Å². The first-order chi connectivity index (χ1) is 16.7. The van der Waals surface area contributed by atoms with Crippen LogP contribution in [-0.2, 0) is 25.6 Å². The summed E-state index contributed by atoms with van der Waals surface area (Å²) in [5.41, 5.74) is 1.66. The average Bonchev–Trinajstić information content (AvgIpc) is 3.47. The molecule has 8 heteroatoms. The van der Waals surface area contributed by atoms with Gasteiger partial charge < -0.3 is 23.7 Å². The summed E-state index contributed by atoms with van der Waals surface area (Å²) in [6.45, 7) is 0.636. The fourth-order valence-corrected chi connectivity index (χ4v) is 4.02. The Labute approximate surface area is 196 Å². The molecule has 0 radical (unpaired) electrons. The highest BCUT2D eigenvalue weighted by Gasteiger charge is 2.51. The van der Waals surface area contributed by atoms with Crippen LogP contribution in [0.15, 0.2) is 79.1 Å². The molecular weight excluding hydrogens is 438 g/mol. The minimum Gasteiger partial charge on any atom is -0.488 e. The summed E-state index contributed by atoms with van der Waals surface area (Å²) in [6, 6.07) is 19.9. The van der Waals surface area contributed by atoms with E-state index in [1.165, 1.54) is 6.20 Å². The Morgan fingerprint density at radius 2 is 1.50 bits per heavy atom. The van der Waals surface area contributed by atoms with Gasteiger partial charge in [0.15, 0.2) is 12.2 Å². The van der Waals surface area contributed by atoms with Crippen molar-refractivity contribution in [3.8, 4) is 5.75 Å². The van der Waals surface area contributed by atoms with Crippen molar-refractivity contribution in [2.45, 2.75) is 31.0 Å². The smallest absolute Gasteiger partial charge is 0.342 e. The first-order valence-corrected chi connectivity index (χ1v) is 11.0. The van der Waals surface area contributed by atoms with Gasteiger partial charge in [-0.1, -0.05) is 42.5 Å². The van der Waals surface area contributed by atoms with E-state index in [0.29, 0.717) is 23.5 Å². The molecule has 0 aliphatic carbocycles. The molecule has 8 nitrogen and oxygen atoms in total. The molecule has 0 N–H and O–H groups in total. The van der Waals surface area contributed by atoms with E-state index in [2.05, 4.69) is 4.98 Å². The lowest BCUT2D eigenvalue weighted by Gasteiger charge is -2.18. The number of hydrogen-bond acceptors (Lipinski definition) is 8. The fraction of sp³-hybridized carbons (Fsp3) is 0.269. The topological polar surface area (TPSA) is 93.2 Å². The number of carbonyl (C=O) groups excluding carboxylic acids is 2. The van der Waals surface area contributed by atoms with E-state index >= 15 is 0 Å². The quantitative estimate of drug-likeness (QED) is 0.495. The number of pyridine rings is 1. The molecule has 0 unspecified atom stereocenters. The number of hydrogen-bond donors (Lipinski definition) is 0. The maximum Gasteiger partial charge on any atom is 0.342 e. The van der Waals surface area contributed by atoms with Gasteiger partial charge in [0.25, 0.3) is 0 Å². The van der Waals surface area contributed by atoms with Crippen molar-refractivity contribution < 1.29 is 33.3 Å². The van der Waals surface area contributed by atoms with E-state index < -0.39 is 36.4 Å². The second-order valence-electron chi connectivity index (χ2n) is 8.00. The molecule has 3 aromatic rings. The molecule has 1 aromatic heterocycles. The molecule has 34 heavy (non-hydrogen) atoms. The Balaban J connectivity index is 1.20. The van der Waals surface area contributed by atoms with Crippen LogP contribution < -0.4 is 4.74 Å². The van der Waals surface area contributed by atoms with Crippen molar-refractivity contribution in [3.63, 3.8) is 0 Å². The molecule has 0 bridgehead atoms. The van der Waals surface area contributed by atoms with Crippen molar-refractivity contribution in [1.29, 1.82) is 0 Å². The number of carbonyl (C=O) groups is 2. The zero-order valence-electron chi connectivity index (χ0n) is 18.2. The molecule has 4 atom stereocenters. The van der Waals surface area contributed by atoms with Crippen molar-refractivity contribution in [2.75, 3.05) is 13.2 Å². The first kappa shape index (κ1) is 22.1. The third-order valence-electron chi connectivity index (χ3n) is 5.72. The Morgan fingerprint density at radius 1 is 0.824 bits per heavy atom. The maximum absolute atomic E-state index is 13.0. The summed E-state index contributed by atoms with van der Waals surface area (Å²) in [5, 5.41) is 0. The van der Waals surface area contributed by atoms with Gasteiger partial charge in [-0.2, -0.15) is 0 Å². The van der Waals surface area contributed by atoms with Gasteiger partial charge in [0.1, 0.15) is 30.1 Å². The Morgan fingerprint density at radius 3 is 2.21 bits per heavy atom. The molecule has 174 valence electrons. The summed E-state index contributed by atoms with van der Waals surface area (Å²) in [6.07, 6.45) is 0.767. The van der Waals surface area contributed by atoms with Gasteiger partial charge in [0.05, 0.1) is 18.8 Å². The van der Waals surface area contributed by atoms with E-state index in [1.807, 2.05) is 30.3 Å². The molecule has 0 amide bonds. The lowest BCUT2D eigenvalue weighted by molar-refractivity contribution is -0.0288. The van der Waals surface area contributed by atoms with Gasteiger partial charge in [-0.3, -0.25) is 4.98 Å². The molecule has 2 aromatic carbocycles. The van der Waals surface area contributed by atoms with Crippen LogP contribution in [0.5, 0.6) is 5.75 Å². The third-order valence-corrected chi connectivity index (χ3v) is 5.72. The molecule has 2 saturated heterocycles. The monoisotopic (exact) mass is 461 g/mol. The van der Waals surface area contributed by atoms with Crippen molar-refractivity contribution in [2.24, 2.45) is 0 Å². The van der Waals surface area contributed by atoms with Crippen molar-refractivity contribution in [1.82, 2.24) is 4.98 Å². The Bertz CT molecular complexity index is 1140. The van der Waals surface area contributed by atoms with Crippen LogP contribution in [-0.4, -0.2) is 54.6 Å². The number of benzene rings is 2. The zero-order chi connectivity index (χ0) is 23.3. The van der Waals surface area contributed by atoms with E-state index in [0.717, 1.165) is 5.56 Å². The normalized spacial score (nSPS) is 23.2. The second kappa shape index (κ2) is 10.0. The van der Waals surface area contributed by atoms with Gasteiger partial charge in [0, 0.05) is 12.4 Å². The molecule has 2 aliphatic heterocycles. The predicted octanol–water partition coefficient (Wildman–Crippen LogP) is 3.21. The first-order valence-electron chi connectivity index (χ1n) is 11.0. The van der Waals surface area contributed by atoms with E-state index in [4.69, 9.17) is 23.7 Å². The third kappa shape index (κ3) is 4.78. The number of rotatable bonds is 7. The van der Waals surface area contributed by atoms with Crippen LogP contribution in [0.1, 0.15) is 26.3 Å². The highest BCUT2D eigenvalue weighted by atomic mass is 16.7. The van der Waals surface area contributed by atoms with Crippen LogP contribution in [0, 0.1) is 0 Å². The lowest BCUT2D eigenvalue weighted by atomic mass is 10.1. The molecule has 0 spiro atoms. The number of aromatic nitrogens is 1.